The van der Waals surface area contributed by atoms with Crippen molar-refractivity contribution in [2.24, 2.45) is 0 Å². The molecule has 0 aromatic rings. The number of esters is 1. The van der Waals surface area contributed by atoms with Crippen LogP contribution in [0.5, 0.6) is 0 Å². The standard InChI is InChI=1S/C17H31NO3/c1-2-3-4-5-6-7-8-11-14-21-17(20)15-18-13-10-9-12-16(18)19/h2-15H2,1H3. The van der Waals surface area contributed by atoms with Gasteiger partial charge >= 0.3 is 5.97 Å². The zero-order valence-corrected chi connectivity index (χ0v) is 13.6. The van der Waals surface area contributed by atoms with Gasteiger partial charge in [0.25, 0.3) is 0 Å². The Bertz CT molecular complexity index is 304. The van der Waals surface area contributed by atoms with Crippen LogP contribution < -0.4 is 0 Å². The van der Waals surface area contributed by atoms with E-state index in [1.165, 1.54) is 38.5 Å². The van der Waals surface area contributed by atoms with Crippen LogP contribution in [0, 0.1) is 0 Å². The molecule has 1 rings (SSSR count). The summed E-state index contributed by atoms with van der Waals surface area (Å²) < 4.78 is 5.21. The molecule has 0 atom stereocenters. The maximum atomic E-state index is 11.6. The van der Waals surface area contributed by atoms with E-state index < -0.39 is 0 Å². The predicted octanol–water partition coefficient (Wildman–Crippen LogP) is 3.68. The van der Waals surface area contributed by atoms with E-state index in [2.05, 4.69) is 6.92 Å². The van der Waals surface area contributed by atoms with E-state index in [9.17, 15) is 9.59 Å². The van der Waals surface area contributed by atoms with Crippen LogP contribution in [-0.2, 0) is 14.3 Å². The average molecular weight is 297 g/mol. The maximum Gasteiger partial charge on any atom is 0.325 e. The van der Waals surface area contributed by atoms with Crippen molar-refractivity contribution >= 4 is 11.9 Å². The molecule has 0 unspecified atom stereocenters. The third-order valence-corrected chi connectivity index (χ3v) is 4.00. The predicted molar refractivity (Wildman–Crippen MR) is 84.0 cm³/mol. The van der Waals surface area contributed by atoms with E-state index >= 15 is 0 Å². The summed E-state index contributed by atoms with van der Waals surface area (Å²) in [6.07, 6.45) is 12.4. The summed E-state index contributed by atoms with van der Waals surface area (Å²) in [6, 6.07) is 0. The van der Waals surface area contributed by atoms with Crippen LogP contribution in [0.3, 0.4) is 0 Å². The zero-order valence-electron chi connectivity index (χ0n) is 13.6. The summed E-state index contributed by atoms with van der Waals surface area (Å²) in [6.45, 7) is 3.56. The van der Waals surface area contributed by atoms with Crippen molar-refractivity contribution in [1.29, 1.82) is 0 Å². The smallest absolute Gasteiger partial charge is 0.325 e. The van der Waals surface area contributed by atoms with Crippen molar-refractivity contribution in [2.75, 3.05) is 19.7 Å². The number of rotatable bonds is 11. The normalized spacial score (nSPS) is 15.3. The van der Waals surface area contributed by atoms with Gasteiger partial charge < -0.3 is 9.64 Å². The molecule has 0 bridgehead atoms. The van der Waals surface area contributed by atoms with Crippen LogP contribution in [0.25, 0.3) is 0 Å². The molecule has 4 heteroatoms. The van der Waals surface area contributed by atoms with Gasteiger partial charge in [0, 0.05) is 13.0 Å². The number of nitrogens with zero attached hydrogens (tertiary/aromatic N) is 1. The fourth-order valence-corrected chi connectivity index (χ4v) is 2.65. The molecule has 122 valence electrons. The number of piperidine rings is 1. The second-order valence-electron chi connectivity index (χ2n) is 5.97. The zero-order chi connectivity index (χ0) is 15.3. The van der Waals surface area contributed by atoms with E-state index in [0.717, 1.165) is 25.7 Å². The van der Waals surface area contributed by atoms with Crippen molar-refractivity contribution < 1.29 is 14.3 Å². The van der Waals surface area contributed by atoms with E-state index in [4.69, 9.17) is 4.74 Å². The van der Waals surface area contributed by atoms with E-state index in [-0.39, 0.29) is 18.4 Å². The third-order valence-electron chi connectivity index (χ3n) is 4.00. The fraction of sp³-hybridized carbons (Fsp3) is 0.882. The van der Waals surface area contributed by atoms with Gasteiger partial charge in [-0.3, -0.25) is 9.59 Å². The summed E-state index contributed by atoms with van der Waals surface area (Å²) in [5, 5.41) is 0. The number of unbranched alkanes of at least 4 members (excludes halogenated alkanes) is 7. The Kier molecular flexibility index (Phi) is 9.92. The summed E-state index contributed by atoms with van der Waals surface area (Å²) in [5.41, 5.74) is 0. The molecule has 1 amide bonds. The highest BCUT2D eigenvalue weighted by Gasteiger charge is 2.20. The minimum absolute atomic E-state index is 0.0882. The van der Waals surface area contributed by atoms with Crippen molar-refractivity contribution in [3.8, 4) is 0 Å². The highest BCUT2D eigenvalue weighted by atomic mass is 16.5. The molecule has 0 aliphatic carbocycles. The molecule has 21 heavy (non-hydrogen) atoms. The minimum atomic E-state index is -0.256. The van der Waals surface area contributed by atoms with Crippen molar-refractivity contribution in [2.45, 2.75) is 77.6 Å². The van der Waals surface area contributed by atoms with Gasteiger partial charge in [-0.05, 0) is 19.3 Å². The molecule has 0 spiro atoms. The molecule has 0 N–H and O–H groups in total. The van der Waals surface area contributed by atoms with Gasteiger partial charge in [0.15, 0.2) is 0 Å². The number of ether oxygens (including phenoxy) is 1. The van der Waals surface area contributed by atoms with Crippen LogP contribution >= 0.6 is 0 Å². The van der Waals surface area contributed by atoms with Gasteiger partial charge in [0.2, 0.25) is 5.91 Å². The summed E-state index contributed by atoms with van der Waals surface area (Å²) in [7, 11) is 0. The first kappa shape index (κ1) is 18.0. The van der Waals surface area contributed by atoms with Crippen LogP contribution in [0.1, 0.15) is 77.6 Å². The van der Waals surface area contributed by atoms with Crippen molar-refractivity contribution in [3.63, 3.8) is 0 Å². The van der Waals surface area contributed by atoms with E-state index in [1.54, 1.807) is 4.90 Å². The molecular weight excluding hydrogens is 266 g/mol. The lowest BCUT2D eigenvalue weighted by Gasteiger charge is -2.25. The van der Waals surface area contributed by atoms with Crippen molar-refractivity contribution in [1.82, 2.24) is 4.90 Å². The Balaban J connectivity index is 1.92. The number of amides is 1. The molecule has 1 aliphatic heterocycles. The number of hydrogen-bond donors (Lipinski definition) is 0. The number of carbonyl (C=O) groups excluding carboxylic acids is 2. The molecule has 1 heterocycles. The second-order valence-corrected chi connectivity index (χ2v) is 5.97. The molecule has 1 saturated heterocycles. The first-order valence-electron chi connectivity index (χ1n) is 8.67. The third kappa shape index (κ3) is 8.74. The quantitative estimate of drug-likeness (QED) is 0.432. The van der Waals surface area contributed by atoms with E-state index in [1.807, 2.05) is 0 Å². The lowest BCUT2D eigenvalue weighted by atomic mass is 10.1. The van der Waals surface area contributed by atoms with Crippen LogP contribution in [-0.4, -0.2) is 36.5 Å². The lowest BCUT2D eigenvalue weighted by Crippen LogP contribution is -2.39. The number of carbonyl (C=O) groups is 2. The Morgan fingerprint density at radius 2 is 1.71 bits per heavy atom. The van der Waals surface area contributed by atoms with Crippen LogP contribution in [0.4, 0.5) is 0 Å². The monoisotopic (exact) mass is 297 g/mol. The van der Waals surface area contributed by atoms with Crippen molar-refractivity contribution in [3.05, 3.63) is 0 Å². The SMILES string of the molecule is CCCCCCCCCCOC(=O)CN1CCCCC1=O. The van der Waals surface area contributed by atoms with Crippen LogP contribution in [0.15, 0.2) is 0 Å². The minimum Gasteiger partial charge on any atom is -0.464 e. The Morgan fingerprint density at radius 3 is 2.38 bits per heavy atom. The average Bonchev–Trinajstić information content (AvgIpc) is 2.48. The summed E-state index contributed by atoms with van der Waals surface area (Å²) in [5.74, 6) is -0.168. The summed E-state index contributed by atoms with van der Waals surface area (Å²) >= 11 is 0. The van der Waals surface area contributed by atoms with Gasteiger partial charge in [-0.2, -0.15) is 0 Å². The molecular formula is C17H31NO3. The van der Waals surface area contributed by atoms with Gasteiger partial charge in [-0.15, -0.1) is 0 Å². The second kappa shape index (κ2) is 11.6. The topological polar surface area (TPSA) is 46.6 Å². The Hall–Kier alpha value is -1.06. The Labute approximate surface area is 129 Å². The van der Waals surface area contributed by atoms with Gasteiger partial charge in [0.05, 0.1) is 6.61 Å². The molecule has 1 aliphatic rings. The first-order chi connectivity index (χ1) is 10.2. The molecule has 0 saturated carbocycles. The number of hydrogen-bond acceptors (Lipinski definition) is 3. The highest BCUT2D eigenvalue weighted by molar-refractivity contribution is 5.82. The highest BCUT2D eigenvalue weighted by Crippen LogP contribution is 2.11. The number of likely N-dealkylation sites (tertiary alicyclic amines) is 1. The van der Waals surface area contributed by atoms with E-state index in [0.29, 0.717) is 19.6 Å². The fourth-order valence-electron chi connectivity index (χ4n) is 2.65. The molecule has 4 nitrogen and oxygen atoms in total. The lowest BCUT2D eigenvalue weighted by molar-refractivity contribution is -0.150. The Morgan fingerprint density at radius 1 is 1.05 bits per heavy atom. The first-order valence-corrected chi connectivity index (χ1v) is 8.67. The van der Waals surface area contributed by atoms with Gasteiger partial charge in [-0.25, -0.2) is 0 Å². The van der Waals surface area contributed by atoms with Crippen LogP contribution in [0.2, 0.25) is 0 Å². The molecule has 1 fully saturated rings. The van der Waals surface area contributed by atoms with Gasteiger partial charge in [-0.1, -0.05) is 51.9 Å². The van der Waals surface area contributed by atoms with Gasteiger partial charge in [0.1, 0.15) is 6.54 Å². The maximum absolute atomic E-state index is 11.6. The largest absolute Gasteiger partial charge is 0.464 e. The molecule has 0 aromatic heterocycles. The summed E-state index contributed by atoms with van der Waals surface area (Å²) in [4.78, 5) is 24.8. The molecule has 0 radical (unpaired) electrons. The molecule has 0 aromatic carbocycles.